The Labute approximate surface area is 202 Å². The van der Waals surface area contributed by atoms with E-state index in [4.69, 9.17) is 0 Å². The van der Waals surface area contributed by atoms with Crippen LogP contribution in [0.4, 0.5) is 20.2 Å². The molecule has 0 radical (unpaired) electrons. The average molecular weight is 505 g/mol. The lowest BCUT2D eigenvalue weighted by molar-refractivity contribution is -0.120. The lowest BCUT2D eigenvalue weighted by Crippen LogP contribution is -2.47. The van der Waals surface area contributed by atoms with Gasteiger partial charge in [-0.25, -0.2) is 17.2 Å². The van der Waals surface area contributed by atoms with E-state index in [-0.39, 0.29) is 23.1 Å². The van der Waals surface area contributed by atoms with Crippen molar-refractivity contribution in [2.45, 2.75) is 36.0 Å². The Kier molecular flexibility index (Phi) is 5.79. The number of likely N-dealkylation sites (N-methyl/N-ethyl adjacent to an activating group) is 1. The minimum absolute atomic E-state index is 0.0488. The Balaban J connectivity index is 1.58. The van der Waals surface area contributed by atoms with Gasteiger partial charge in [-0.05, 0) is 49.7 Å². The van der Waals surface area contributed by atoms with E-state index < -0.39 is 32.0 Å². The third kappa shape index (κ3) is 4.06. The number of carbonyl (C=O) groups is 2. The van der Waals surface area contributed by atoms with Crippen molar-refractivity contribution < 1.29 is 26.8 Å². The number of hydrogen-bond acceptors (Lipinski definition) is 5. The van der Waals surface area contributed by atoms with Gasteiger partial charge >= 0.3 is 0 Å². The highest BCUT2D eigenvalue weighted by Gasteiger charge is 2.50. The first-order valence-electron chi connectivity index (χ1n) is 11.6. The van der Waals surface area contributed by atoms with E-state index in [2.05, 4.69) is 14.9 Å². The summed E-state index contributed by atoms with van der Waals surface area (Å²) in [6, 6.07) is 5.14. The van der Waals surface area contributed by atoms with Gasteiger partial charge in [0.05, 0.1) is 22.4 Å². The first-order chi connectivity index (χ1) is 16.6. The van der Waals surface area contributed by atoms with Gasteiger partial charge in [-0.15, -0.1) is 0 Å². The Morgan fingerprint density at radius 3 is 2.40 bits per heavy atom. The van der Waals surface area contributed by atoms with E-state index in [1.165, 1.54) is 6.07 Å². The summed E-state index contributed by atoms with van der Waals surface area (Å²) in [5.74, 6) is -2.62. The molecule has 3 aliphatic rings. The molecule has 1 spiro atoms. The summed E-state index contributed by atoms with van der Waals surface area (Å²) in [6.45, 7) is 2.39. The summed E-state index contributed by atoms with van der Waals surface area (Å²) in [5, 5.41) is 2.89. The molecule has 5 rings (SSSR count). The number of anilines is 2. The van der Waals surface area contributed by atoms with Gasteiger partial charge in [0, 0.05) is 32.2 Å². The van der Waals surface area contributed by atoms with Crippen molar-refractivity contribution in [3.63, 3.8) is 0 Å². The van der Waals surface area contributed by atoms with E-state index in [1.54, 1.807) is 11.0 Å². The average Bonchev–Trinajstić information content (AvgIpc) is 3.40. The number of nitrogens with zero attached hydrogens (tertiary/aromatic N) is 2. The van der Waals surface area contributed by atoms with E-state index in [9.17, 15) is 26.8 Å². The van der Waals surface area contributed by atoms with Crippen LogP contribution in [-0.2, 0) is 20.2 Å². The number of rotatable bonds is 4. The Bertz CT molecular complexity index is 1320. The SMILES string of the molecule is CN1CCN(C(=O)c2cc(NS(=O)(=O)c3ccc(F)cc3F)cc3c2NC(=O)C32CCCC2)CC1. The molecular weight excluding hydrogens is 478 g/mol. The zero-order valence-corrected chi connectivity index (χ0v) is 20.1. The van der Waals surface area contributed by atoms with Crippen LogP contribution in [0.3, 0.4) is 0 Å². The number of amides is 2. The summed E-state index contributed by atoms with van der Waals surface area (Å²) in [4.78, 5) is 29.7. The fraction of sp³-hybridized carbons (Fsp3) is 0.417. The number of fused-ring (bicyclic) bond motifs is 2. The zero-order valence-electron chi connectivity index (χ0n) is 19.2. The first kappa shape index (κ1) is 23.7. The maximum atomic E-state index is 14.3. The van der Waals surface area contributed by atoms with Crippen LogP contribution < -0.4 is 10.0 Å². The number of hydrogen-bond donors (Lipinski definition) is 2. The van der Waals surface area contributed by atoms with E-state index in [0.717, 1.165) is 25.0 Å². The molecule has 1 saturated heterocycles. The van der Waals surface area contributed by atoms with Gasteiger partial charge in [0.25, 0.3) is 15.9 Å². The van der Waals surface area contributed by atoms with E-state index in [1.807, 2.05) is 7.05 Å². The molecule has 2 aromatic carbocycles. The van der Waals surface area contributed by atoms with Crippen LogP contribution in [0, 0.1) is 11.6 Å². The molecule has 11 heteroatoms. The molecule has 2 aromatic rings. The van der Waals surface area contributed by atoms with E-state index in [0.29, 0.717) is 56.3 Å². The Morgan fingerprint density at radius 1 is 1.06 bits per heavy atom. The number of nitrogens with one attached hydrogen (secondary N) is 2. The molecule has 0 atom stereocenters. The largest absolute Gasteiger partial charge is 0.336 e. The molecule has 186 valence electrons. The normalized spacial score (nSPS) is 19.6. The molecule has 2 heterocycles. The molecule has 8 nitrogen and oxygen atoms in total. The number of benzene rings is 2. The van der Waals surface area contributed by atoms with Crippen molar-refractivity contribution in [2.24, 2.45) is 0 Å². The smallest absolute Gasteiger partial charge is 0.264 e. The minimum Gasteiger partial charge on any atom is -0.336 e. The minimum atomic E-state index is -4.43. The fourth-order valence-electron chi connectivity index (χ4n) is 5.30. The Morgan fingerprint density at radius 2 is 1.74 bits per heavy atom. The molecule has 0 bridgehead atoms. The quantitative estimate of drug-likeness (QED) is 0.667. The highest BCUT2D eigenvalue weighted by molar-refractivity contribution is 7.92. The van der Waals surface area contributed by atoms with E-state index >= 15 is 0 Å². The first-order valence-corrected chi connectivity index (χ1v) is 13.0. The second-order valence-electron chi connectivity index (χ2n) is 9.47. The van der Waals surface area contributed by atoms with Crippen LogP contribution in [0.5, 0.6) is 0 Å². The number of carbonyl (C=O) groups excluding carboxylic acids is 2. The highest BCUT2D eigenvalue weighted by atomic mass is 32.2. The summed E-state index contributed by atoms with van der Waals surface area (Å²) >= 11 is 0. The number of piperazine rings is 1. The highest BCUT2D eigenvalue weighted by Crippen LogP contribution is 2.51. The summed E-state index contributed by atoms with van der Waals surface area (Å²) < 4.78 is 55.9. The van der Waals surface area contributed by atoms with Crippen molar-refractivity contribution in [3.05, 3.63) is 53.1 Å². The van der Waals surface area contributed by atoms with Crippen LogP contribution in [0.25, 0.3) is 0 Å². The predicted octanol–water partition coefficient (Wildman–Crippen LogP) is 2.92. The number of sulfonamides is 1. The third-order valence-corrected chi connectivity index (χ3v) is 8.66. The van der Waals surface area contributed by atoms with Gasteiger partial charge in [0.15, 0.2) is 0 Å². The maximum Gasteiger partial charge on any atom is 0.264 e. The third-order valence-electron chi connectivity index (χ3n) is 7.24. The lowest BCUT2D eigenvalue weighted by Gasteiger charge is -2.33. The van der Waals surface area contributed by atoms with Crippen molar-refractivity contribution in [1.29, 1.82) is 0 Å². The van der Waals surface area contributed by atoms with Gasteiger partial charge in [0.1, 0.15) is 16.5 Å². The molecule has 2 aliphatic heterocycles. The fourth-order valence-corrected chi connectivity index (χ4v) is 6.40. The predicted molar refractivity (Wildman–Crippen MR) is 126 cm³/mol. The standard InChI is InChI=1S/C24H26F2N4O4S/c1-29-8-10-30(11-9-29)22(31)17-13-16(28-35(33,34)20-5-4-15(25)12-19(20)26)14-18-21(17)27-23(32)24(18)6-2-3-7-24/h4-5,12-14,28H,2-3,6-11H2,1H3,(H,27,32). The van der Waals surface area contributed by atoms with Crippen LogP contribution in [0.2, 0.25) is 0 Å². The van der Waals surface area contributed by atoms with Gasteiger partial charge in [0.2, 0.25) is 5.91 Å². The van der Waals surface area contributed by atoms with Gasteiger partial charge < -0.3 is 15.1 Å². The van der Waals surface area contributed by atoms with Crippen molar-refractivity contribution >= 4 is 33.2 Å². The molecule has 2 fully saturated rings. The summed E-state index contributed by atoms with van der Waals surface area (Å²) in [6.07, 6.45) is 2.87. The molecule has 0 aromatic heterocycles. The van der Waals surface area contributed by atoms with Crippen molar-refractivity contribution in [2.75, 3.05) is 43.3 Å². The topological polar surface area (TPSA) is 98.8 Å². The lowest BCUT2D eigenvalue weighted by atomic mass is 9.79. The maximum absolute atomic E-state index is 14.3. The van der Waals surface area contributed by atoms with Crippen LogP contribution >= 0.6 is 0 Å². The Hall–Kier alpha value is -3.05. The molecule has 1 aliphatic carbocycles. The molecule has 1 saturated carbocycles. The molecule has 2 amide bonds. The summed E-state index contributed by atoms with van der Waals surface area (Å²) in [5.41, 5.74) is 0.415. The molecule has 2 N–H and O–H groups in total. The summed E-state index contributed by atoms with van der Waals surface area (Å²) in [7, 11) is -2.46. The van der Waals surface area contributed by atoms with Crippen molar-refractivity contribution in [3.8, 4) is 0 Å². The molecular formula is C24H26F2N4O4S. The monoisotopic (exact) mass is 504 g/mol. The van der Waals surface area contributed by atoms with Crippen LogP contribution in [-0.4, -0.2) is 63.3 Å². The van der Waals surface area contributed by atoms with Gasteiger partial charge in [-0.1, -0.05) is 12.8 Å². The second-order valence-corrected chi connectivity index (χ2v) is 11.1. The molecule has 0 unspecified atom stereocenters. The van der Waals surface area contributed by atoms with Crippen LogP contribution in [0.15, 0.2) is 35.2 Å². The van der Waals surface area contributed by atoms with Crippen molar-refractivity contribution in [1.82, 2.24) is 9.80 Å². The van der Waals surface area contributed by atoms with Gasteiger partial charge in [-0.3, -0.25) is 14.3 Å². The van der Waals surface area contributed by atoms with Gasteiger partial charge in [-0.2, -0.15) is 0 Å². The zero-order chi connectivity index (χ0) is 25.0. The second kappa shape index (κ2) is 8.56. The number of halogens is 2. The van der Waals surface area contributed by atoms with Crippen LogP contribution in [0.1, 0.15) is 41.6 Å². The molecule has 35 heavy (non-hydrogen) atoms.